The lowest BCUT2D eigenvalue weighted by Gasteiger charge is -2.09. The number of hydrogen-bond donors (Lipinski definition) is 1. The van der Waals surface area contributed by atoms with Gasteiger partial charge in [-0.2, -0.15) is 5.10 Å². The third-order valence-corrected chi connectivity index (χ3v) is 2.49. The first kappa shape index (κ1) is 14.8. The molecule has 102 valence electrons. The van der Waals surface area contributed by atoms with Crippen LogP contribution in [0.15, 0.2) is 0 Å². The van der Waals surface area contributed by atoms with Crippen molar-refractivity contribution in [3.63, 3.8) is 0 Å². The maximum atomic E-state index is 5.48. The van der Waals surface area contributed by atoms with Gasteiger partial charge in [-0.05, 0) is 18.8 Å². The Hall–Kier alpha value is -1.23. The maximum absolute atomic E-state index is 5.48. The van der Waals surface area contributed by atoms with Gasteiger partial charge in [-0.1, -0.05) is 27.7 Å². The molecule has 0 amide bonds. The molecule has 1 N–H and O–H groups in total. The van der Waals surface area contributed by atoms with Crippen LogP contribution < -0.4 is 5.32 Å². The van der Waals surface area contributed by atoms with E-state index in [9.17, 15) is 0 Å². The Bertz CT molecular complexity index is 355. The molecule has 0 bridgehead atoms. The first-order valence-corrected chi connectivity index (χ1v) is 6.71. The van der Waals surface area contributed by atoms with Crippen LogP contribution in [0.5, 0.6) is 0 Å². The zero-order valence-corrected chi connectivity index (χ0v) is 11.9. The second-order valence-corrected chi connectivity index (χ2v) is 4.63. The Morgan fingerprint density at radius 2 is 1.83 bits per heavy atom. The predicted molar refractivity (Wildman–Crippen MR) is 72.7 cm³/mol. The molecule has 18 heavy (non-hydrogen) atoms. The summed E-state index contributed by atoms with van der Waals surface area (Å²) in [4.78, 5) is 4.45. The van der Waals surface area contributed by atoms with Crippen molar-refractivity contribution in [3.8, 4) is 0 Å². The zero-order valence-electron chi connectivity index (χ0n) is 11.9. The van der Waals surface area contributed by atoms with Crippen LogP contribution in [0.3, 0.4) is 0 Å². The summed E-state index contributed by atoms with van der Waals surface area (Å²) in [7, 11) is 0. The van der Waals surface area contributed by atoms with Crippen molar-refractivity contribution in [3.05, 3.63) is 11.4 Å². The molecule has 5 heteroatoms. The Balaban J connectivity index is 2.38. The summed E-state index contributed by atoms with van der Waals surface area (Å²) in [5.74, 6) is 1.16. The van der Waals surface area contributed by atoms with Gasteiger partial charge in [0.15, 0.2) is 0 Å². The Kier molecular flexibility index (Phi) is 6.57. The van der Waals surface area contributed by atoms with Gasteiger partial charge >= 0.3 is 0 Å². The number of ether oxygens (including phenoxy) is 1. The van der Waals surface area contributed by atoms with Crippen molar-refractivity contribution in [1.82, 2.24) is 15.2 Å². The van der Waals surface area contributed by atoms with Crippen LogP contribution in [0.25, 0.3) is 0 Å². The fourth-order valence-corrected chi connectivity index (χ4v) is 1.57. The lowest BCUT2D eigenvalue weighted by Crippen LogP contribution is -2.15. The van der Waals surface area contributed by atoms with Gasteiger partial charge in [-0.3, -0.25) is 0 Å². The molecular weight excluding hydrogens is 228 g/mol. The smallest absolute Gasteiger partial charge is 0.243 e. The third kappa shape index (κ3) is 4.96. The fraction of sp³-hybridized carbons (Fsp3) is 0.769. The van der Waals surface area contributed by atoms with Crippen molar-refractivity contribution < 1.29 is 4.74 Å². The number of aryl methyl sites for hydroxylation is 2. The molecular formula is C13H24N4O. The van der Waals surface area contributed by atoms with E-state index in [1.165, 1.54) is 0 Å². The summed E-state index contributed by atoms with van der Waals surface area (Å²) >= 11 is 0. The second kappa shape index (κ2) is 7.97. The first-order chi connectivity index (χ1) is 8.67. The standard InChI is InChI=1S/C13H24N4O/c1-5-11-12(6-2)16-17-13(15-11)14-7-8-18-9-10(3)4/h10H,5-9H2,1-4H3,(H,14,15,17). The van der Waals surface area contributed by atoms with E-state index in [1.54, 1.807) is 0 Å². The van der Waals surface area contributed by atoms with E-state index in [1.807, 2.05) is 0 Å². The molecule has 0 fully saturated rings. The van der Waals surface area contributed by atoms with Crippen LogP contribution >= 0.6 is 0 Å². The van der Waals surface area contributed by atoms with Crippen LogP contribution in [0, 0.1) is 5.92 Å². The summed E-state index contributed by atoms with van der Waals surface area (Å²) < 4.78 is 5.48. The molecule has 0 atom stereocenters. The topological polar surface area (TPSA) is 59.9 Å². The van der Waals surface area contributed by atoms with Crippen LogP contribution in [-0.2, 0) is 17.6 Å². The van der Waals surface area contributed by atoms with E-state index in [0.29, 0.717) is 25.0 Å². The van der Waals surface area contributed by atoms with E-state index < -0.39 is 0 Å². The third-order valence-electron chi connectivity index (χ3n) is 2.49. The van der Waals surface area contributed by atoms with E-state index in [4.69, 9.17) is 4.74 Å². The average molecular weight is 252 g/mol. The molecule has 0 unspecified atom stereocenters. The van der Waals surface area contributed by atoms with Crippen molar-refractivity contribution in [2.45, 2.75) is 40.5 Å². The minimum atomic E-state index is 0.568. The highest BCUT2D eigenvalue weighted by molar-refractivity contribution is 5.25. The zero-order chi connectivity index (χ0) is 13.4. The summed E-state index contributed by atoms with van der Waals surface area (Å²) in [6, 6.07) is 0. The maximum Gasteiger partial charge on any atom is 0.243 e. The molecule has 1 aromatic rings. The lowest BCUT2D eigenvalue weighted by molar-refractivity contribution is 0.118. The van der Waals surface area contributed by atoms with Crippen molar-refractivity contribution in [1.29, 1.82) is 0 Å². The van der Waals surface area contributed by atoms with Gasteiger partial charge in [-0.25, -0.2) is 4.98 Å². The van der Waals surface area contributed by atoms with Crippen molar-refractivity contribution >= 4 is 5.95 Å². The first-order valence-electron chi connectivity index (χ1n) is 6.71. The normalized spacial score (nSPS) is 10.9. The van der Waals surface area contributed by atoms with Crippen LogP contribution in [0.4, 0.5) is 5.95 Å². The van der Waals surface area contributed by atoms with Crippen LogP contribution in [0.2, 0.25) is 0 Å². The molecule has 1 aromatic heterocycles. The summed E-state index contributed by atoms with van der Waals surface area (Å²) in [6.45, 7) is 10.6. The predicted octanol–water partition coefficient (Wildman–Crippen LogP) is 2.08. The number of hydrogen-bond acceptors (Lipinski definition) is 5. The minimum Gasteiger partial charge on any atom is -0.379 e. The highest BCUT2D eigenvalue weighted by atomic mass is 16.5. The molecule has 1 rings (SSSR count). The van der Waals surface area contributed by atoms with Gasteiger partial charge in [0.05, 0.1) is 18.0 Å². The minimum absolute atomic E-state index is 0.568. The Morgan fingerprint density at radius 3 is 2.44 bits per heavy atom. The van der Waals surface area contributed by atoms with Crippen molar-refractivity contribution in [2.75, 3.05) is 25.1 Å². The monoisotopic (exact) mass is 252 g/mol. The van der Waals surface area contributed by atoms with E-state index in [0.717, 1.165) is 30.8 Å². The molecule has 0 saturated carbocycles. The quantitative estimate of drug-likeness (QED) is 0.718. The van der Waals surface area contributed by atoms with Crippen molar-refractivity contribution in [2.24, 2.45) is 5.92 Å². The fourth-order valence-electron chi connectivity index (χ4n) is 1.57. The molecule has 0 spiro atoms. The Morgan fingerprint density at radius 1 is 1.11 bits per heavy atom. The molecule has 0 aromatic carbocycles. The van der Waals surface area contributed by atoms with Gasteiger partial charge in [0.25, 0.3) is 0 Å². The molecule has 0 saturated heterocycles. The van der Waals surface area contributed by atoms with Crippen LogP contribution in [-0.4, -0.2) is 34.9 Å². The number of anilines is 1. The highest BCUT2D eigenvalue weighted by Gasteiger charge is 2.05. The number of rotatable bonds is 8. The molecule has 1 heterocycles. The molecule has 0 radical (unpaired) electrons. The second-order valence-electron chi connectivity index (χ2n) is 4.63. The Labute approximate surface area is 109 Å². The highest BCUT2D eigenvalue weighted by Crippen LogP contribution is 2.06. The van der Waals surface area contributed by atoms with E-state index in [-0.39, 0.29) is 0 Å². The molecule has 0 aliphatic carbocycles. The lowest BCUT2D eigenvalue weighted by atomic mass is 10.2. The number of nitrogens with one attached hydrogen (secondary N) is 1. The van der Waals surface area contributed by atoms with Gasteiger partial charge < -0.3 is 10.1 Å². The van der Waals surface area contributed by atoms with Gasteiger partial charge in [0, 0.05) is 13.2 Å². The number of aromatic nitrogens is 3. The van der Waals surface area contributed by atoms with E-state index >= 15 is 0 Å². The summed E-state index contributed by atoms with van der Waals surface area (Å²) in [6.07, 6.45) is 1.76. The van der Waals surface area contributed by atoms with Gasteiger partial charge in [0.1, 0.15) is 0 Å². The van der Waals surface area contributed by atoms with Gasteiger partial charge in [0.2, 0.25) is 5.95 Å². The summed E-state index contributed by atoms with van der Waals surface area (Å²) in [5, 5.41) is 11.4. The van der Waals surface area contributed by atoms with E-state index in [2.05, 4.69) is 48.2 Å². The molecule has 0 aliphatic rings. The average Bonchev–Trinajstić information content (AvgIpc) is 2.37. The van der Waals surface area contributed by atoms with Gasteiger partial charge in [-0.15, -0.1) is 5.10 Å². The largest absolute Gasteiger partial charge is 0.379 e. The molecule has 0 aliphatic heterocycles. The molecule has 5 nitrogen and oxygen atoms in total. The SMILES string of the molecule is CCc1nnc(NCCOCC(C)C)nc1CC. The summed E-state index contributed by atoms with van der Waals surface area (Å²) in [5.41, 5.74) is 2.01. The number of nitrogens with zero attached hydrogens (tertiary/aromatic N) is 3. The van der Waals surface area contributed by atoms with Crippen LogP contribution in [0.1, 0.15) is 39.1 Å².